The van der Waals surface area contributed by atoms with Gasteiger partial charge in [0.2, 0.25) is 11.8 Å². The molecule has 2 N–H and O–H groups in total. The van der Waals surface area contributed by atoms with Crippen molar-refractivity contribution < 1.29 is 14.3 Å². The van der Waals surface area contributed by atoms with E-state index < -0.39 is 0 Å². The third-order valence-electron chi connectivity index (χ3n) is 3.99. The molecule has 0 atom stereocenters. The molecular weight excluding hydrogens is 292 g/mol. The Bertz CT molecular complexity index is 508. The van der Waals surface area contributed by atoms with Crippen molar-refractivity contribution in [3.05, 3.63) is 29.8 Å². The molecule has 1 aliphatic rings. The summed E-state index contributed by atoms with van der Waals surface area (Å²) in [5.74, 6) is 0.713. The van der Waals surface area contributed by atoms with Crippen molar-refractivity contribution in [1.29, 1.82) is 0 Å². The predicted octanol–water partition coefficient (Wildman–Crippen LogP) is 2.54. The van der Waals surface area contributed by atoms with Gasteiger partial charge in [-0.1, -0.05) is 18.6 Å². The van der Waals surface area contributed by atoms with Gasteiger partial charge in [0.25, 0.3) is 0 Å². The van der Waals surface area contributed by atoms with E-state index in [1.54, 1.807) is 0 Å². The molecule has 0 spiro atoms. The minimum atomic E-state index is -0.119. The molecule has 1 aromatic rings. The lowest BCUT2D eigenvalue weighted by Crippen LogP contribution is -2.29. The largest absolute Gasteiger partial charge is 0.490 e. The first-order valence-electron chi connectivity index (χ1n) is 8.40. The second-order valence-corrected chi connectivity index (χ2v) is 6.03. The lowest BCUT2D eigenvalue weighted by Gasteiger charge is -2.23. The number of nitrogens with one attached hydrogen (secondary N) is 2. The Morgan fingerprint density at radius 2 is 1.78 bits per heavy atom. The number of hydrogen-bond donors (Lipinski definition) is 2. The third kappa shape index (κ3) is 6.72. The van der Waals surface area contributed by atoms with Gasteiger partial charge in [0, 0.05) is 26.4 Å². The molecule has 1 fully saturated rings. The van der Waals surface area contributed by atoms with E-state index in [0.717, 1.165) is 24.2 Å². The number of rotatable bonds is 7. The van der Waals surface area contributed by atoms with Gasteiger partial charge in [-0.15, -0.1) is 0 Å². The molecule has 0 saturated heterocycles. The molecule has 2 amide bonds. The average molecular weight is 318 g/mol. The highest BCUT2D eigenvalue weighted by molar-refractivity contribution is 5.77. The zero-order valence-corrected chi connectivity index (χ0v) is 13.8. The Labute approximate surface area is 137 Å². The smallest absolute Gasteiger partial charge is 0.222 e. The second-order valence-electron chi connectivity index (χ2n) is 6.03. The van der Waals surface area contributed by atoms with E-state index in [4.69, 9.17) is 4.74 Å². The van der Waals surface area contributed by atoms with E-state index in [9.17, 15) is 9.59 Å². The summed E-state index contributed by atoms with van der Waals surface area (Å²) >= 11 is 0. The van der Waals surface area contributed by atoms with Crippen LogP contribution >= 0.6 is 0 Å². The zero-order chi connectivity index (χ0) is 16.5. The van der Waals surface area contributed by atoms with Gasteiger partial charge in [-0.05, 0) is 43.4 Å². The summed E-state index contributed by atoms with van der Waals surface area (Å²) in [6.07, 6.45) is 6.77. The third-order valence-corrected chi connectivity index (χ3v) is 3.99. The lowest BCUT2D eigenvalue weighted by molar-refractivity contribution is -0.121. The zero-order valence-electron chi connectivity index (χ0n) is 13.8. The maximum absolute atomic E-state index is 11.6. The second kappa shape index (κ2) is 9.18. The Hall–Kier alpha value is -2.04. The molecular formula is C18H26N2O3. The number of ether oxygens (including phenoxy) is 1. The summed E-state index contributed by atoms with van der Waals surface area (Å²) in [5, 5.41) is 5.45. The molecule has 0 aliphatic heterocycles. The Kier molecular flexibility index (Phi) is 6.91. The van der Waals surface area contributed by atoms with Crippen LogP contribution < -0.4 is 15.4 Å². The molecule has 126 valence electrons. The van der Waals surface area contributed by atoms with Crippen LogP contribution in [0.3, 0.4) is 0 Å². The topological polar surface area (TPSA) is 67.4 Å². The van der Waals surface area contributed by atoms with Crippen LogP contribution in [0, 0.1) is 0 Å². The molecule has 5 nitrogen and oxygen atoms in total. The van der Waals surface area contributed by atoms with Gasteiger partial charge in [-0.3, -0.25) is 9.59 Å². The fourth-order valence-corrected chi connectivity index (χ4v) is 2.70. The predicted molar refractivity (Wildman–Crippen MR) is 89.1 cm³/mol. The van der Waals surface area contributed by atoms with Gasteiger partial charge in [0.05, 0.1) is 6.10 Å². The summed E-state index contributed by atoms with van der Waals surface area (Å²) in [5.41, 5.74) is 1.04. The summed E-state index contributed by atoms with van der Waals surface area (Å²) in [7, 11) is 0. The van der Waals surface area contributed by atoms with Gasteiger partial charge in [0.15, 0.2) is 0 Å². The van der Waals surface area contributed by atoms with Gasteiger partial charge in [-0.25, -0.2) is 0 Å². The van der Waals surface area contributed by atoms with Crippen LogP contribution in [-0.4, -0.2) is 24.5 Å². The number of hydrogen-bond acceptors (Lipinski definition) is 3. The number of carbonyl (C=O) groups excluding carboxylic acids is 2. The summed E-state index contributed by atoms with van der Waals surface area (Å²) in [6, 6.07) is 7.89. The molecule has 0 unspecified atom stereocenters. The highest BCUT2D eigenvalue weighted by atomic mass is 16.5. The molecule has 5 heteroatoms. The van der Waals surface area contributed by atoms with Crippen LogP contribution in [0.15, 0.2) is 24.3 Å². The van der Waals surface area contributed by atoms with Gasteiger partial charge in [0.1, 0.15) is 5.75 Å². The van der Waals surface area contributed by atoms with Crippen LogP contribution in [0.1, 0.15) is 51.0 Å². The van der Waals surface area contributed by atoms with Crippen LogP contribution in [0.5, 0.6) is 5.75 Å². The van der Waals surface area contributed by atoms with Crippen LogP contribution in [-0.2, 0) is 16.1 Å². The fourth-order valence-electron chi connectivity index (χ4n) is 2.70. The number of benzene rings is 1. The van der Waals surface area contributed by atoms with Crippen molar-refractivity contribution in [3.8, 4) is 5.75 Å². The normalized spacial score (nSPS) is 15.0. The highest BCUT2D eigenvalue weighted by Crippen LogP contribution is 2.23. The molecule has 23 heavy (non-hydrogen) atoms. The van der Waals surface area contributed by atoms with E-state index in [0.29, 0.717) is 25.6 Å². The first kappa shape index (κ1) is 17.3. The van der Waals surface area contributed by atoms with Gasteiger partial charge < -0.3 is 15.4 Å². The van der Waals surface area contributed by atoms with E-state index in [1.165, 1.54) is 26.2 Å². The van der Waals surface area contributed by atoms with Crippen LogP contribution in [0.25, 0.3) is 0 Å². The monoisotopic (exact) mass is 318 g/mol. The first-order chi connectivity index (χ1) is 11.1. The quantitative estimate of drug-likeness (QED) is 0.812. The van der Waals surface area contributed by atoms with Crippen LogP contribution in [0.4, 0.5) is 0 Å². The molecule has 2 rings (SSSR count). The number of amides is 2. The van der Waals surface area contributed by atoms with Crippen LogP contribution in [0.2, 0.25) is 0 Å². The Balaban J connectivity index is 1.69. The molecule has 1 aliphatic carbocycles. The van der Waals surface area contributed by atoms with E-state index in [1.807, 2.05) is 24.3 Å². The van der Waals surface area contributed by atoms with Crippen molar-refractivity contribution in [1.82, 2.24) is 10.6 Å². The molecule has 1 aromatic carbocycles. The average Bonchev–Trinajstić information content (AvgIpc) is 2.55. The first-order valence-corrected chi connectivity index (χ1v) is 8.40. The van der Waals surface area contributed by atoms with Crippen molar-refractivity contribution in [2.45, 2.75) is 58.1 Å². The van der Waals surface area contributed by atoms with Crippen molar-refractivity contribution in [2.24, 2.45) is 0 Å². The van der Waals surface area contributed by atoms with E-state index >= 15 is 0 Å². The van der Waals surface area contributed by atoms with Crippen molar-refractivity contribution >= 4 is 11.8 Å². The Morgan fingerprint density at radius 3 is 2.43 bits per heavy atom. The molecule has 0 bridgehead atoms. The van der Waals surface area contributed by atoms with Crippen molar-refractivity contribution in [2.75, 3.05) is 6.54 Å². The molecule has 0 aromatic heterocycles. The lowest BCUT2D eigenvalue weighted by atomic mass is 9.98. The molecule has 0 radical (unpaired) electrons. The highest BCUT2D eigenvalue weighted by Gasteiger charge is 2.14. The molecule has 0 heterocycles. The summed E-state index contributed by atoms with van der Waals surface area (Å²) < 4.78 is 5.98. The SMILES string of the molecule is CC(=O)NCCC(=O)NCc1ccc(OC2CCCCC2)cc1. The molecule has 1 saturated carbocycles. The summed E-state index contributed by atoms with van der Waals surface area (Å²) in [4.78, 5) is 22.4. The Morgan fingerprint density at radius 1 is 1.09 bits per heavy atom. The van der Waals surface area contributed by atoms with E-state index in [-0.39, 0.29) is 11.8 Å². The maximum atomic E-state index is 11.6. The van der Waals surface area contributed by atoms with Crippen molar-refractivity contribution in [3.63, 3.8) is 0 Å². The minimum Gasteiger partial charge on any atom is -0.490 e. The number of carbonyl (C=O) groups is 2. The van der Waals surface area contributed by atoms with E-state index in [2.05, 4.69) is 10.6 Å². The standard InChI is InChI=1S/C18H26N2O3/c1-14(21)19-12-11-18(22)20-13-15-7-9-17(10-8-15)23-16-5-3-2-4-6-16/h7-10,16H,2-6,11-13H2,1H3,(H,19,21)(H,20,22). The van der Waals surface area contributed by atoms with Gasteiger partial charge >= 0.3 is 0 Å². The van der Waals surface area contributed by atoms with Gasteiger partial charge in [-0.2, -0.15) is 0 Å². The fraction of sp³-hybridized carbons (Fsp3) is 0.556. The maximum Gasteiger partial charge on any atom is 0.222 e. The summed E-state index contributed by atoms with van der Waals surface area (Å²) in [6.45, 7) is 2.30. The minimum absolute atomic E-state index is 0.0683.